The molecule has 0 fully saturated rings. The summed E-state index contributed by atoms with van der Waals surface area (Å²) in [5.74, 6) is 0.866. The van der Waals surface area contributed by atoms with Gasteiger partial charge in [0.15, 0.2) is 0 Å². The van der Waals surface area contributed by atoms with E-state index in [0.29, 0.717) is 0 Å². The Hall–Kier alpha value is -1.57. The van der Waals surface area contributed by atoms with Gasteiger partial charge >= 0.3 is 0 Å². The highest BCUT2D eigenvalue weighted by Gasteiger charge is 2.24. The second-order valence-corrected chi connectivity index (χ2v) is 5.14. The Morgan fingerprint density at radius 2 is 2.12 bits per heavy atom. The van der Waals surface area contributed by atoms with Gasteiger partial charge in [-0.1, -0.05) is 25.1 Å². The van der Waals surface area contributed by atoms with Crippen LogP contribution < -0.4 is 0 Å². The lowest BCUT2D eigenvalue weighted by Gasteiger charge is -2.19. The highest BCUT2D eigenvalue weighted by atomic mass is 16.1. The third-order valence-corrected chi connectivity index (χ3v) is 3.83. The van der Waals surface area contributed by atoms with Crippen molar-refractivity contribution >= 4 is 16.8 Å². The molecule has 1 aromatic heterocycles. The lowest BCUT2D eigenvalue weighted by molar-refractivity contribution is 0.0937. The molecule has 1 atom stereocenters. The minimum absolute atomic E-state index is 0.136. The first-order valence-electron chi connectivity index (χ1n) is 6.30. The van der Waals surface area contributed by atoms with Gasteiger partial charge in [-0.2, -0.15) is 0 Å². The molecule has 2 nitrogen and oxygen atoms in total. The number of fused-ring (bicyclic) bond motifs is 3. The summed E-state index contributed by atoms with van der Waals surface area (Å²) in [6.45, 7) is 3.95. The van der Waals surface area contributed by atoms with E-state index in [-0.39, 0.29) is 5.91 Å². The van der Waals surface area contributed by atoms with Crippen LogP contribution in [-0.4, -0.2) is 10.5 Å². The van der Waals surface area contributed by atoms with Crippen molar-refractivity contribution in [1.29, 1.82) is 0 Å². The zero-order valence-electron chi connectivity index (χ0n) is 10.4. The number of benzene rings is 1. The first-order chi connectivity index (χ1) is 8.18. The van der Waals surface area contributed by atoms with Crippen molar-refractivity contribution in [3.05, 3.63) is 35.5 Å². The van der Waals surface area contributed by atoms with E-state index in [9.17, 15) is 4.79 Å². The number of hydrogen-bond acceptors (Lipinski definition) is 1. The van der Waals surface area contributed by atoms with E-state index in [0.717, 1.165) is 24.3 Å². The van der Waals surface area contributed by atoms with Crippen LogP contribution in [0.2, 0.25) is 0 Å². The summed E-state index contributed by atoms with van der Waals surface area (Å²) in [6.07, 6.45) is 3.33. The van der Waals surface area contributed by atoms with Crippen LogP contribution in [0.25, 0.3) is 10.9 Å². The fraction of sp³-hybridized carbons (Fsp3) is 0.400. The van der Waals surface area contributed by atoms with Gasteiger partial charge in [-0.25, -0.2) is 0 Å². The second-order valence-electron chi connectivity index (χ2n) is 5.14. The van der Waals surface area contributed by atoms with E-state index >= 15 is 0 Å². The van der Waals surface area contributed by atoms with Gasteiger partial charge in [0, 0.05) is 18.0 Å². The summed E-state index contributed by atoms with van der Waals surface area (Å²) >= 11 is 0. The monoisotopic (exact) mass is 227 g/mol. The van der Waals surface area contributed by atoms with Crippen molar-refractivity contribution in [3.8, 4) is 0 Å². The molecule has 0 radical (unpaired) electrons. The van der Waals surface area contributed by atoms with Crippen LogP contribution in [0.3, 0.4) is 0 Å². The summed E-state index contributed by atoms with van der Waals surface area (Å²) in [5, 5.41) is 1.27. The molecule has 0 amide bonds. The predicted octanol–water partition coefficient (Wildman–Crippen LogP) is 3.43. The third kappa shape index (κ3) is 1.51. The van der Waals surface area contributed by atoms with Gasteiger partial charge in [-0.15, -0.1) is 0 Å². The highest BCUT2D eigenvalue weighted by molar-refractivity contribution is 5.95. The molecule has 0 saturated carbocycles. The Morgan fingerprint density at radius 3 is 2.88 bits per heavy atom. The fourth-order valence-corrected chi connectivity index (χ4v) is 3.04. The topological polar surface area (TPSA) is 22.0 Å². The highest BCUT2D eigenvalue weighted by Crippen LogP contribution is 2.33. The molecule has 0 bridgehead atoms. The van der Waals surface area contributed by atoms with Gasteiger partial charge in [0.25, 0.3) is 0 Å². The number of carbonyl (C=O) groups excluding carboxylic acids is 1. The van der Waals surface area contributed by atoms with Crippen LogP contribution in [0.5, 0.6) is 0 Å². The zero-order valence-corrected chi connectivity index (χ0v) is 10.4. The van der Waals surface area contributed by atoms with Crippen LogP contribution in [0.4, 0.5) is 0 Å². The van der Waals surface area contributed by atoms with E-state index in [1.807, 2.05) is 10.6 Å². The number of rotatable bonds is 0. The molecular weight excluding hydrogens is 210 g/mol. The lowest BCUT2D eigenvalue weighted by atomic mass is 9.88. The number of aromatic nitrogens is 1. The standard InChI is InChI=1S/C15H17NO/c1-10-7-8-15-13(9-10)12-5-3-4-6-14(12)16(15)11(2)17/h3-6,10H,7-9H2,1-2H3/t10-/m0/s1. The molecule has 0 unspecified atom stereocenters. The maximum atomic E-state index is 11.8. The van der Waals surface area contributed by atoms with Crippen LogP contribution in [0, 0.1) is 5.92 Å². The molecule has 0 spiro atoms. The quantitative estimate of drug-likeness (QED) is 0.676. The van der Waals surface area contributed by atoms with Gasteiger partial charge in [0.2, 0.25) is 5.91 Å². The smallest absolute Gasteiger partial charge is 0.228 e. The molecule has 2 heteroatoms. The second kappa shape index (κ2) is 3.73. The number of hydrogen-bond donors (Lipinski definition) is 0. The summed E-state index contributed by atoms with van der Waals surface area (Å²) in [4.78, 5) is 11.8. The van der Waals surface area contributed by atoms with Gasteiger partial charge < -0.3 is 0 Å². The summed E-state index contributed by atoms with van der Waals surface area (Å²) < 4.78 is 1.91. The molecule has 1 aliphatic carbocycles. The molecule has 0 saturated heterocycles. The molecule has 3 rings (SSSR count). The van der Waals surface area contributed by atoms with Gasteiger partial charge in [-0.3, -0.25) is 9.36 Å². The van der Waals surface area contributed by atoms with Crippen molar-refractivity contribution in [2.75, 3.05) is 0 Å². The molecular formula is C15H17NO. The molecule has 88 valence electrons. The lowest BCUT2D eigenvalue weighted by Crippen LogP contribution is -2.16. The fourth-order valence-electron chi connectivity index (χ4n) is 3.04. The van der Waals surface area contributed by atoms with Gasteiger partial charge in [0.1, 0.15) is 0 Å². The van der Waals surface area contributed by atoms with Crippen LogP contribution >= 0.6 is 0 Å². The molecule has 17 heavy (non-hydrogen) atoms. The normalized spacial score (nSPS) is 19.3. The number of carbonyl (C=O) groups is 1. The van der Waals surface area contributed by atoms with E-state index in [1.165, 1.54) is 23.1 Å². The van der Waals surface area contributed by atoms with Crippen molar-refractivity contribution in [2.24, 2.45) is 5.92 Å². The molecule has 2 aromatic rings. The van der Waals surface area contributed by atoms with Gasteiger partial charge in [-0.05, 0) is 36.8 Å². The SMILES string of the molecule is CC(=O)n1c2c(c3ccccc31)C[C@@H](C)CC2. The molecule has 1 aliphatic rings. The summed E-state index contributed by atoms with van der Waals surface area (Å²) in [5.41, 5.74) is 3.73. The predicted molar refractivity (Wildman–Crippen MR) is 69.4 cm³/mol. The molecule has 1 aromatic carbocycles. The first-order valence-corrected chi connectivity index (χ1v) is 6.30. The Bertz CT molecular complexity index is 594. The largest absolute Gasteiger partial charge is 0.284 e. The van der Waals surface area contributed by atoms with Gasteiger partial charge in [0.05, 0.1) is 5.52 Å². The van der Waals surface area contributed by atoms with Crippen molar-refractivity contribution in [3.63, 3.8) is 0 Å². The Morgan fingerprint density at radius 1 is 1.35 bits per heavy atom. The molecule has 1 heterocycles. The zero-order chi connectivity index (χ0) is 12.0. The average molecular weight is 227 g/mol. The Labute approximate surface area is 101 Å². The Kier molecular flexibility index (Phi) is 2.32. The van der Waals surface area contributed by atoms with Crippen molar-refractivity contribution < 1.29 is 4.79 Å². The van der Waals surface area contributed by atoms with Crippen LogP contribution in [-0.2, 0) is 12.8 Å². The molecule has 0 aliphatic heterocycles. The van der Waals surface area contributed by atoms with Crippen molar-refractivity contribution in [2.45, 2.75) is 33.1 Å². The van der Waals surface area contributed by atoms with E-state index in [1.54, 1.807) is 6.92 Å². The van der Waals surface area contributed by atoms with E-state index in [4.69, 9.17) is 0 Å². The maximum Gasteiger partial charge on any atom is 0.228 e. The number of nitrogens with zero attached hydrogens (tertiary/aromatic N) is 1. The third-order valence-electron chi connectivity index (χ3n) is 3.83. The maximum absolute atomic E-state index is 11.8. The summed E-state index contributed by atoms with van der Waals surface area (Å²) in [7, 11) is 0. The van der Waals surface area contributed by atoms with Crippen LogP contribution in [0.1, 0.15) is 36.3 Å². The minimum atomic E-state index is 0.136. The Balaban J connectivity index is 2.36. The van der Waals surface area contributed by atoms with E-state index in [2.05, 4.69) is 25.1 Å². The first kappa shape index (κ1) is 10.6. The average Bonchev–Trinajstić information content (AvgIpc) is 2.63. The minimum Gasteiger partial charge on any atom is -0.284 e. The van der Waals surface area contributed by atoms with E-state index < -0.39 is 0 Å². The van der Waals surface area contributed by atoms with Crippen LogP contribution in [0.15, 0.2) is 24.3 Å². The molecule has 0 N–H and O–H groups in total. The summed E-state index contributed by atoms with van der Waals surface area (Å²) in [6, 6.07) is 8.27. The van der Waals surface area contributed by atoms with Crippen molar-refractivity contribution in [1.82, 2.24) is 4.57 Å². The number of para-hydroxylation sites is 1.